The lowest BCUT2D eigenvalue weighted by molar-refractivity contribution is -0.659. The van der Waals surface area contributed by atoms with E-state index in [0.717, 1.165) is 5.56 Å². The first-order chi connectivity index (χ1) is 12.0. The molecule has 0 fully saturated rings. The maximum atomic E-state index is 12.9. The molecule has 0 bridgehead atoms. The molecule has 25 heavy (non-hydrogen) atoms. The summed E-state index contributed by atoms with van der Waals surface area (Å²) in [6.45, 7) is 2.84. The number of carbonyl (C=O) groups is 1. The van der Waals surface area contributed by atoms with Gasteiger partial charge in [-0.05, 0) is 19.1 Å². The third-order valence-corrected chi connectivity index (χ3v) is 4.17. The summed E-state index contributed by atoms with van der Waals surface area (Å²) in [5, 5.41) is 0.295. The van der Waals surface area contributed by atoms with Crippen molar-refractivity contribution in [3.63, 3.8) is 0 Å². The van der Waals surface area contributed by atoms with Gasteiger partial charge in [0.05, 0.1) is 6.54 Å². The van der Waals surface area contributed by atoms with Crippen molar-refractivity contribution in [3.05, 3.63) is 45.9 Å². The standard InChI is InChI=1S/C17H19N5O3/c1-10-5-3-6-22-15(10)20-16-12(17(22)24)9-11(14(19)23)13(18)21(16)7-4-8-25-2/h3,5-6,9,18H,4,7-8H2,1-2H3,(H2,19,23)/p+1. The summed E-state index contributed by atoms with van der Waals surface area (Å²) in [5.74, 6) is -0.491. The number of aryl methyl sites for hydroxylation is 2. The van der Waals surface area contributed by atoms with E-state index in [2.05, 4.69) is 4.98 Å². The number of methoxy groups -OCH3 is 1. The molecule has 0 atom stereocenters. The van der Waals surface area contributed by atoms with Crippen LogP contribution in [0.5, 0.6) is 0 Å². The molecule has 3 rings (SSSR count). The minimum atomic E-state index is -0.686. The average molecular weight is 342 g/mol. The largest absolute Gasteiger partial charge is 0.385 e. The van der Waals surface area contributed by atoms with E-state index in [1.807, 2.05) is 13.0 Å². The normalized spacial score (nSPS) is 11.3. The van der Waals surface area contributed by atoms with Crippen molar-refractivity contribution in [1.82, 2.24) is 9.38 Å². The molecule has 1 amide bonds. The van der Waals surface area contributed by atoms with Crippen LogP contribution < -0.4 is 21.6 Å². The lowest BCUT2D eigenvalue weighted by Gasteiger charge is -2.11. The highest BCUT2D eigenvalue weighted by Gasteiger charge is 2.23. The molecule has 4 N–H and O–H groups in total. The van der Waals surface area contributed by atoms with Crippen molar-refractivity contribution in [1.29, 1.82) is 0 Å². The smallest absolute Gasteiger partial charge is 0.278 e. The summed E-state index contributed by atoms with van der Waals surface area (Å²) in [7, 11) is 1.60. The fourth-order valence-electron chi connectivity index (χ4n) is 2.90. The van der Waals surface area contributed by atoms with Crippen LogP contribution in [-0.2, 0) is 11.3 Å². The second-order valence-corrected chi connectivity index (χ2v) is 5.84. The summed E-state index contributed by atoms with van der Waals surface area (Å²) in [4.78, 5) is 29.3. The summed E-state index contributed by atoms with van der Waals surface area (Å²) in [6.07, 6.45) is 2.30. The van der Waals surface area contributed by atoms with Crippen molar-refractivity contribution in [2.45, 2.75) is 19.9 Å². The quantitative estimate of drug-likeness (QED) is 0.389. The third-order valence-electron chi connectivity index (χ3n) is 4.17. The van der Waals surface area contributed by atoms with E-state index in [4.69, 9.17) is 16.2 Å². The molecule has 0 saturated heterocycles. The summed E-state index contributed by atoms with van der Waals surface area (Å²) >= 11 is 0. The second-order valence-electron chi connectivity index (χ2n) is 5.84. The molecule has 0 unspecified atom stereocenters. The van der Waals surface area contributed by atoms with Crippen molar-refractivity contribution in [2.24, 2.45) is 5.73 Å². The van der Waals surface area contributed by atoms with Crippen LogP contribution in [0.1, 0.15) is 22.3 Å². The molecule has 0 aliphatic heterocycles. The topological polar surface area (TPSA) is 117 Å². The van der Waals surface area contributed by atoms with E-state index in [1.165, 1.54) is 10.5 Å². The molecule has 0 aliphatic rings. The molecular weight excluding hydrogens is 322 g/mol. The number of primary amides is 1. The van der Waals surface area contributed by atoms with Crippen LogP contribution in [0, 0.1) is 6.92 Å². The molecule has 130 valence electrons. The van der Waals surface area contributed by atoms with Gasteiger partial charge in [-0.15, -0.1) is 0 Å². The summed E-state index contributed by atoms with van der Waals surface area (Å²) in [5.41, 5.74) is 13.2. The Kier molecular flexibility index (Phi) is 4.37. The number of nitrogens with two attached hydrogens (primary N) is 2. The van der Waals surface area contributed by atoms with Gasteiger partial charge in [0.2, 0.25) is 11.5 Å². The number of hydrogen-bond donors (Lipinski definition) is 2. The van der Waals surface area contributed by atoms with E-state index < -0.39 is 5.91 Å². The molecule has 3 aromatic rings. The number of aromatic nitrogens is 3. The molecule has 0 aliphatic carbocycles. The van der Waals surface area contributed by atoms with Gasteiger partial charge in [-0.25, -0.2) is 4.57 Å². The SMILES string of the molecule is COCCC[n+]1c(N)c(C(N)=O)cc2c(=O)n3cccc(C)c3nc21. The first-order valence-corrected chi connectivity index (χ1v) is 7.88. The highest BCUT2D eigenvalue weighted by atomic mass is 16.5. The number of anilines is 1. The minimum Gasteiger partial charge on any atom is -0.385 e. The second kappa shape index (κ2) is 6.48. The Morgan fingerprint density at radius 1 is 1.44 bits per heavy atom. The number of nitrogen functional groups attached to an aromatic ring is 1. The van der Waals surface area contributed by atoms with Crippen molar-refractivity contribution in [3.8, 4) is 0 Å². The Morgan fingerprint density at radius 3 is 2.88 bits per heavy atom. The molecule has 3 aromatic heterocycles. The van der Waals surface area contributed by atoms with E-state index in [9.17, 15) is 9.59 Å². The number of amides is 1. The van der Waals surface area contributed by atoms with Gasteiger partial charge >= 0.3 is 0 Å². The van der Waals surface area contributed by atoms with E-state index in [1.54, 1.807) is 23.9 Å². The van der Waals surface area contributed by atoms with E-state index in [0.29, 0.717) is 36.3 Å². The van der Waals surface area contributed by atoms with Crippen LogP contribution in [-0.4, -0.2) is 29.0 Å². The number of fused-ring (bicyclic) bond motifs is 2. The van der Waals surface area contributed by atoms with Gasteiger partial charge in [-0.3, -0.25) is 14.0 Å². The zero-order valence-electron chi connectivity index (χ0n) is 14.2. The fraction of sp³-hybridized carbons (Fsp3) is 0.294. The van der Waals surface area contributed by atoms with Crippen LogP contribution in [0.4, 0.5) is 5.82 Å². The number of nitrogens with zero attached hydrogens (tertiary/aromatic N) is 3. The van der Waals surface area contributed by atoms with Gasteiger partial charge in [0, 0.05) is 31.9 Å². The molecule has 0 radical (unpaired) electrons. The Labute approximate surface area is 143 Å². The number of pyridine rings is 2. The van der Waals surface area contributed by atoms with Crippen molar-refractivity contribution < 1.29 is 14.1 Å². The number of rotatable bonds is 5. The highest BCUT2D eigenvalue weighted by Crippen LogP contribution is 2.15. The van der Waals surface area contributed by atoms with E-state index in [-0.39, 0.29) is 16.9 Å². The predicted octanol–water partition coefficient (Wildman–Crippen LogP) is 0.161. The minimum absolute atomic E-state index is 0.108. The van der Waals surface area contributed by atoms with Crippen LogP contribution in [0.15, 0.2) is 29.2 Å². The summed E-state index contributed by atoms with van der Waals surface area (Å²) in [6, 6.07) is 5.07. The van der Waals surface area contributed by atoms with Crippen LogP contribution in [0.2, 0.25) is 0 Å². The molecule has 3 heterocycles. The predicted molar refractivity (Wildman–Crippen MR) is 93.3 cm³/mol. The number of ether oxygens (including phenoxy) is 1. The highest BCUT2D eigenvalue weighted by molar-refractivity contribution is 5.99. The monoisotopic (exact) mass is 342 g/mol. The van der Waals surface area contributed by atoms with Gasteiger partial charge < -0.3 is 16.2 Å². The van der Waals surface area contributed by atoms with Crippen LogP contribution in [0.3, 0.4) is 0 Å². The van der Waals surface area contributed by atoms with Crippen molar-refractivity contribution in [2.75, 3.05) is 19.5 Å². The van der Waals surface area contributed by atoms with Crippen LogP contribution in [0.25, 0.3) is 16.7 Å². The molecular formula is C17H20N5O3+. The first-order valence-electron chi connectivity index (χ1n) is 7.88. The molecule has 8 heteroatoms. The third kappa shape index (κ3) is 2.80. The van der Waals surface area contributed by atoms with Gasteiger partial charge in [0.25, 0.3) is 17.1 Å². The van der Waals surface area contributed by atoms with Gasteiger partial charge in [-0.1, -0.05) is 11.1 Å². The fourth-order valence-corrected chi connectivity index (χ4v) is 2.90. The first kappa shape index (κ1) is 16.8. The van der Waals surface area contributed by atoms with E-state index >= 15 is 0 Å². The number of carbonyl (C=O) groups excluding carboxylic acids is 1. The zero-order valence-corrected chi connectivity index (χ0v) is 14.2. The Hall–Kier alpha value is -3.00. The maximum absolute atomic E-state index is 12.9. The molecule has 0 aromatic carbocycles. The summed E-state index contributed by atoms with van der Waals surface area (Å²) < 4.78 is 8.19. The molecule has 0 saturated carbocycles. The Balaban J connectivity index is 2.41. The Morgan fingerprint density at radius 2 is 2.20 bits per heavy atom. The van der Waals surface area contributed by atoms with Gasteiger partial charge in [-0.2, -0.15) is 0 Å². The molecule has 0 spiro atoms. The maximum Gasteiger partial charge on any atom is 0.278 e. The number of hydrogen-bond acceptors (Lipinski definition) is 5. The Bertz CT molecular complexity index is 1040. The molecule has 8 nitrogen and oxygen atoms in total. The lowest BCUT2D eigenvalue weighted by atomic mass is 10.1. The van der Waals surface area contributed by atoms with Gasteiger partial charge in [0.15, 0.2) is 0 Å². The van der Waals surface area contributed by atoms with Crippen LogP contribution >= 0.6 is 0 Å². The zero-order chi connectivity index (χ0) is 18.1. The lowest BCUT2D eigenvalue weighted by Crippen LogP contribution is -2.42. The van der Waals surface area contributed by atoms with Crippen molar-refractivity contribution >= 4 is 28.4 Å². The van der Waals surface area contributed by atoms with Gasteiger partial charge in [0.1, 0.15) is 10.9 Å². The average Bonchev–Trinajstić information content (AvgIpc) is 2.58.